The lowest BCUT2D eigenvalue weighted by molar-refractivity contribution is -0.137. The number of fused-ring (bicyclic) bond motifs is 1. The van der Waals surface area contributed by atoms with E-state index in [1.165, 1.54) is 24.5 Å². The summed E-state index contributed by atoms with van der Waals surface area (Å²) in [6.45, 7) is 0. The number of nitrogens with zero attached hydrogens (tertiary/aromatic N) is 4. The Kier molecular flexibility index (Phi) is 6.54. The lowest BCUT2D eigenvalue weighted by Gasteiger charge is -2.10. The minimum Gasteiger partial charge on any atom is -0.366 e. The molecule has 2 N–H and O–H groups in total. The first-order chi connectivity index (χ1) is 18.6. The first-order valence-electron chi connectivity index (χ1n) is 11.3. The van der Waals surface area contributed by atoms with E-state index in [4.69, 9.17) is 5.73 Å². The highest BCUT2D eigenvalue weighted by Gasteiger charge is 2.30. The molecule has 194 valence electrons. The lowest BCUT2D eigenvalue weighted by Crippen LogP contribution is -2.12. The Morgan fingerprint density at radius 1 is 0.923 bits per heavy atom. The van der Waals surface area contributed by atoms with Crippen LogP contribution in [0.3, 0.4) is 0 Å². The number of nitrogens with two attached hydrogens (primary N) is 1. The molecule has 0 fully saturated rings. The summed E-state index contributed by atoms with van der Waals surface area (Å²) < 4.78 is 67.4. The van der Waals surface area contributed by atoms with Gasteiger partial charge in [-0.25, -0.2) is 18.3 Å². The van der Waals surface area contributed by atoms with Gasteiger partial charge in [0.05, 0.1) is 28.7 Å². The van der Waals surface area contributed by atoms with Crippen LogP contribution in [0.25, 0.3) is 28.2 Å². The van der Waals surface area contributed by atoms with Crippen LogP contribution in [0.2, 0.25) is 0 Å². The fraction of sp³-hybridized carbons (Fsp3) is 0.0714. The zero-order chi connectivity index (χ0) is 27.7. The van der Waals surface area contributed by atoms with E-state index in [2.05, 4.69) is 26.9 Å². The maximum Gasteiger partial charge on any atom is 0.416 e. The van der Waals surface area contributed by atoms with Gasteiger partial charge in [-0.15, -0.1) is 0 Å². The molecule has 0 aliphatic rings. The molecule has 5 aromatic rings. The number of alkyl halides is 5. The molecule has 2 aromatic carbocycles. The normalized spacial score (nSPS) is 11.4. The first-order valence-corrected chi connectivity index (χ1v) is 11.3. The number of primary amides is 1. The average molecular weight is 533 g/mol. The molecular weight excluding hydrogens is 517 g/mol. The van der Waals surface area contributed by atoms with Gasteiger partial charge in [0.25, 0.3) is 6.43 Å². The Hall–Kier alpha value is -5.11. The lowest BCUT2D eigenvalue weighted by atomic mass is 10.0. The van der Waals surface area contributed by atoms with Crippen LogP contribution in [0.5, 0.6) is 0 Å². The molecule has 0 aliphatic heterocycles. The molecule has 1 amide bonds. The highest BCUT2D eigenvalue weighted by Crippen LogP contribution is 2.32. The van der Waals surface area contributed by atoms with Gasteiger partial charge in [-0.2, -0.15) is 18.3 Å². The number of pyridine rings is 1. The third-order valence-electron chi connectivity index (χ3n) is 5.80. The van der Waals surface area contributed by atoms with Crippen molar-refractivity contribution in [2.24, 2.45) is 5.73 Å². The molecule has 0 unspecified atom stereocenters. The van der Waals surface area contributed by atoms with Gasteiger partial charge < -0.3 is 5.73 Å². The second-order valence-corrected chi connectivity index (χ2v) is 8.33. The third-order valence-corrected chi connectivity index (χ3v) is 5.80. The summed E-state index contributed by atoms with van der Waals surface area (Å²) in [5.41, 5.74) is 6.49. The van der Waals surface area contributed by atoms with Crippen LogP contribution in [0.15, 0.2) is 79.1 Å². The predicted octanol–water partition coefficient (Wildman–Crippen LogP) is 5.91. The maximum absolute atomic E-state index is 13.8. The fourth-order valence-electron chi connectivity index (χ4n) is 3.90. The monoisotopic (exact) mass is 533 g/mol. The van der Waals surface area contributed by atoms with Crippen LogP contribution >= 0.6 is 0 Å². The standard InChI is InChI=1S/C28H16F5N5O/c29-25(30)24-13-23(17-8-10-19(11-9-17)28(31,32)33)37-27-18(15-36-38(24)27)7-5-16-6-12-22(35-14-16)20-3-1-2-4-21(20)26(34)39/h1-4,6,8-15,25H,(H2,34,39). The number of amides is 1. The van der Waals surface area contributed by atoms with E-state index < -0.39 is 29.8 Å². The summed E-state index contributed by atoms with van der Waals surface area (Å²) in [6.07, 6.45) is -4.69. The van der Waals surface area contributed by atoms with Crippen molar-refractivity contribution >= 4 is 11.6 Å². The molecule has 0 bridgehead atoms. The molecule has 6 nitrogen and oxygen atoms in total. The Morgan fingerprint density at radius 2 is 1.67 bits per heavy atom. The molecule has 11 heteroatoms. The smallest absolute Gasteiger partial charge is 0.366 e. The van der Waals surface area contributed by atoms with Crippen molar-refractivity contribution < 1.29 is 26.7 Å². The molecule has 0 saturated carbocycles. The van der Waals surface area contributed by atoms with Crippen LogP contribution < -0.4 is 5.73 Å². The number of aromatic nitrogens is 4. The number of benzene rings is 2. The van der Waals surface area contributed by atoms with E-state index in [1.54, 1.807) is 36.4 Å². The summed E-state index contributed by atoms with van der Waals surface area (Å²) in [5.74, 6) is 5.13. The summed E-state index contributed by atoms with van der Waals surface area (Å²) >= 11 is 0. The van der Waals surface area contributed by atoms with Crippen molar-refractivity contribution in [3.05, 3.63) is 107 Å². The zero-order valence-corrected chi connectivity index (χ0v) is 19.7. The van der Waals surface area contributed by atoms with Crippen molar-refractivity contribution in [3.63, 3.8) is 0 Å². The van der Waals surface area contributed by atoms with Gasteiger partial charge in [-0.05, 0) is 36.4 Å². The summed E-state index contributed by atoms with van der Waals surface area (Å²) in [6, 6.07) is 15.2. The molecule has 0 spiro atoms. The molecule has 3 heterocycles. The van der Waals surface area contributed by atoms with E-state index in [0.717, 1.165) is 22.7 Å². The van der Waals surface area contributed by atoms with Gasteiger partial charge in [0.2, 0.25) is 5.91 Å². The van der Waals surface area contributed by atoms with Crippen molar-refractivity contribution in [1.82, 2.24) is 19.6 Å². The molecular formula is C28H16F5N5O. The second-order valence-electron chi connectivity index (χ2n) is 8.33. The molecule has 0 saturated heterocycles. The van der Waals surface area contributed by atoms with Crippen molar-refractivity contribution in [2.75, 3.05) is 0 Å². The van der Waals surface area contributed by atoms with Gasteiger partial charge in [0, 0.05) is 28.5 Å². The number of rotatable bonds is 4. The van der Waals surface area contributed by atoms with Crippen molar-refractivity contribution in [1.29, 1.82) is 0 Å². The van der Waals surface area contributed by atoms with Crippen molar-refractivity contribution in [2.45, 2.75) is 12.6 Å². The van der Waals surface area contributed by atoms with E-state index in [-0.39, 0.29) is 22.5 Å². The molecule has 5 rings (SSSR count). The van der Waals surface area contributed by atoms with Crippen LogP contribution in [0.1, 0.15) is 39.2 Å². The Bertz CT molecular complexity index is 1750. The van der Waals surface area contributed by atoms with Crippen molar-refractivity contribution in [3.8, 4) is 34.4 Å². The van der Waals surface area contributed by atoms with Gasteiger partial charge >= 0.3 is 6.18 Å². The molecule has 0 radical (unpaired) electrons. The minimum absolute atomic E-state index is 0.0233. The second kappa shape index (κ2) is 9.98. The number of hydrogen-bond donors (Lipinski definition) is 1. The largest absolute Gasteiger partial charge is 0.416 e. The fourth-order valence-corrected chi connectivity index (χ4v) is 3.90. The van der Waals surface area contributed by atoms with Crippen LogP contribution in [0, 0.1) is 11.8 Å². The highest BCUT2D eigenvalue weighted by atomic mass is 19.4. The third kappa shape index (κ3) is 5.17. The SMILES string of the molecule is NC(=O)c1ccccc1-c1ccc(C#Cc2cnn3c(C(F)F)cc(-c4ccc(C(F)(F)F)cc4)nc23)cn1. The molecule has 39 heavy (non-hydrogen) atoms. The quantitative estimate of drug-likeness (QED) is 0.230. The van der Waals surface area contributed by atoms with Gasteiger partial charge in [-0.3, -0.25) is 9.78 Å². The van der Waals surface area contributed by atoms with Gasteiger partial charge in [0.1, 0.15) is 5.69 Å². The minimum atomic E-state index is -4.53. The molecule has 0 atom stereocenters. The first kappa shape index (κ1) is 25.5. The number of halogens is 5. The van der Waals surface area contributed by atoms with Gasteiger partial charge in [0.15, 0.2) is 5.65 Å². The van der Waals surface area contributed by atoms with E-state index in [0.29, 0.717) is 22.4 Å². The summed E-state index contributed by atoms with van der Waals surface area (Å²) in [5, 5.41) is 3.98. The predicted molar refractivity (Wildman–Crippen MR) is 133 cm³/mol. The summed E-state index contributed by atoms with van der Waals surface area (Å²) in [4.78, 5) is 20.4. The van der Waals surface area contributed by atoms with Crippen LogP contribution in [-0.2, 0) is 6.18 Å². The Labute approximate surface area is 218 Å². The van der Waals surface area contributed by atoms with Gasteiger partial charge in [-0.1, -0.05) is 42.2 Å². The maximum atomic E-state index is 13.8. The van der Waals surface area contributed by atoms with E-state index in [9.17, 15) is 26.7 Å². The Morgan fingerprint density at radius 3 is 2.31 bits per heavy atom. The molecule has 3 aromatic heterocycles. The Balaban J connectivity index is 1.51. The van der Waals surface area contributed by atoms with E-state index >= 15 is 0 Å². The molecule has 0 aliphatic carbocycles. The number of hydrogen-bond acceptors (Lipinski definition) is 4. The topological polar surface area (TPSA) is 86.2 Å². The van der Waals surface area contributed by atoms with Crippen LogP contribution in [-0.4, -0.2) is 25.5 Å². The van der Waals surface area contributed by atoms with Crippen LogP contribution in [0.4, 0.5) is 22.0 Å². The number of carbonyl (C=O) groups is 1. The van der Waals surface area contributed by atoms with E-state index in [1.807, 2.05) is 0 Å². The zero-order valence-electron chi connectivity index (χ0n) is 19.7. The number of carbonyl (C=O) groups excluding carboxylic acids is 1. The summed E-state index contributed by atoms with van der Waals surface area (Å²) in [7, 11) is 0. The average Bonchev–Trinajstić information content (AvgIpc) is 3.34. The highest BCUT2D eigenvalue weighted by molar-refractivity contribution is 5.99.